The summed E-state index contributed by atoms with van der Waals surface area (Å²) in [7, 11) is 1.93. The van der Waals surface area contributed by atoms with Crippen LogP contribution in [0.2, 0.25) is 0 Å². The minimum absolute atomic E-state index is 0.0212. The zero-order valence-electron chi connectivity index (χ0n) is 13.8. The molecule has 0 saturated heterocycles. The van der Waals surface area contributed by atoms with Gasteiger partial charge in [0.05, 0.1) is 16.4 Å². The van der Waals surface area contributed by atoms with Gasteiger partial charge in [0.2, 0.25) is 5.88 Å². The number of rotatable bonds is 2. The molecule has 7 heteroatoms. The number of nitro benzene ring substituents is 1. The van der Waals surface area contributed by atoms with Crippen molar-refractivity contribution in [2.45, 2.75) is 5.92 Å². The van der Waals surface area contributed by atoms with Gasteiger partial charge in [0, 0.05) is 36.3 Å². The van der Waals surface area contributed by atoms with Gasteiger partial charge in [0.15, 0.2) is 0 Å². The van der Waals surface area contributed by atoms with E-state index in [1.807, 2.05) is 36.0 Å². The second kappa shape index (κ2) is 5.63. The van der Waals surface area contributed by atoms with Crippen LogP contribution >= 0.6 is 0 Å². The van der Waals surface area contributed by atoms with Gasteiger partial charge in [0.25, 0.3) is 5.69 Å². The zero-order chi connectivity index (χ0) is 18.4. The predicted octanol–water partition coefficient (Wildman–Crippen LogP) is 3.30. The Hall–Kier alpha value is -3.79. The first kappa shape index (κ1) is 15.7. The average molecular weight is 346 g/mol. The topological polar surface area (TPSA) is 107 Å². The average Bonchev–Trinajstić information content (AvgIpc) is 3.02. The number of nitrogens with zero attached hydrogens (tertiary/aromatic N) is 3. The Bertz CT molecular complexity index is 1140. The summed E-state index contributed by atoms with van der Waals surface area (Å²) < 4.78 is 7.74. The van der Waals surface area contributed by atoms with E-state index in [1.54, 1.807) is 12.1 Å². The van der Waals surface area contributed by atoms with Crippen molar-refractivity contribution < 1.29 is 9.66 Å². The van der Waals surface area contributed by atoms with Crippen LogP contribution in [-0.4, -0.2) is 9.49 Å². The number of nitrogens with two attached hydrogens (primary N) is 1. The van der Waals surface area contributed by atoms with E-state index in [1.165, 1.54) is 12.1 Å². The fourth-order valence-electron chi connectivity index (χ4n) is 3.43. The molecule has 2 N–H and O–H groups in total. The van der Waals surface area contributed by atoms with Gasteiger partial charge < -0.3 is 15.0 Å². The summed E-state index contributed by atoms with van der Waals surface area (Å²) in [5.74, 6) is 0.0808. The summed E-state index contributed by atoms with van der Waals surface area (Å²) >= 11 is 0. The standard InChI is InChI=1S/C19H14N4O3/c1-22-8-7-13-16(22)6-5-14-17(15(10-20)19(21)26-18(13)14)11-3-2-4-12(9-11)23(24)25/h2-9,17H,21H2,1H3. The highest BCUT2D eigenvalue weighted by Gasteiger charge is 2.32. The highest BCUT2D eigenvalue weighted by molar-refractivity contribution is 5.89. The highest BCUT2D eigenvalue weighted by Crippen LogP contribution is 2.45. The first-order valence-electron chi connectivity index (χ1n) is 7.91. The molecule has 26 heavy (non-hydrogen) atoms. The number of nitriles is 1. The Labute approximate surface area is 148 Å². The number of nitro groups is 1. The molecular formula is C19H14N4O3. The van der Waals surface area contributed by atoms with E-state index >= 15 is 0 Å². The molecule has 1 aliphatic rings. The molecule has 1 unspecified atom stereocenters. The van der Waals surface area contributed by atoms with Crippen LogP contribution < -0.4 is 10.5 Å². The molecule has 1 aromatic heterocycles. The van der Waals surface area contributed by atoms with Crippen LogP contribution in [0.1, 0.15) is 17.0 Å². The van der Waals surface area contributed by atoms with Crippen molar-refractivity contribution in [2.24, 2.45) is 12.8 Å². The van der Waals surface area contributed by atoms with Crippen LogP contribution in [0.4, 0.5) is 5.69 Å². The highest BCUT2D eigenvalue weighted by atomic mass is 16.6. The van der Waals surface area contributed by atoms with Gasteiger partial charge in [-0.25, -0.2) is 0 Å². The SMILES string of the molecule is Cn1ccc2c3c(ccc21)C(c1cccc([N+](=O)[O-])c1)C(C#N)=C(N)O3. The minimum atomic E-state index is -0.520. The van der Waals surface area contributed by atoms with Gasteiger partial charge in [-0.1, -0.05) is 18.2 Å². The van der Waals surface area contributed by atoms with Crippen molar-refractivity contribution in [1.29, 1.82) is 5.26 Å². The number of allylic oxidation sites excluding steroid dienone is 1. The molecule has 7 nitrogen and oxygen atoms in total. The fraction of sp³-hybridized carbons (Fsp3) is 0.105. The Morgan fingerprint density at radius 2 is 2.12 bits per heavy atom. The number of benzene rings is 2. The molecule has 128 valence electrons. The van der Waals surface area contributed by atoms with E-state index in [2.05, 4.69) is 6.07 Å². The normalized spacial score (nSPS) is 16.1. The number of hydrogen-bond donors (Lipinski definition) is 1. The lowest BCUT2D eigenvalue weighted by Gasteiger charge is -2.27. The monoisotopic (exact) mass is 346 g/mol. The molecule has 0 radical (unpaired) electrons. The maximum atomic E-state index is 11.2. The molecule has 0 saturated carbocycles. The van der Waals surface area contributed by atoms with Crippen molar-refractivity contribution in [3.05, 3.63) is 81.4 Å². The summed E-state index contributed by atoms with van der Waals surface area (Å²) in [5, 5.41) is 21.6. The van der Waals surface area contributed by atoms with E-state index in [9.17, 15) is 15.4 Å². The third kappa shape index (κ3) is 2.20. The van der Waals surface area contributed by atoms with Crippen LogP contribution in [-0.2, 0) is 7.05 Å². The second-order valence-corrected chi connectivity index (χ2v) is 6.12. The summed E-state index contributed by atoms with van der Waals surface area (Å²) in [6, 6.07) is 14.1. The third-order valence-corrected chi connectivity index (χ3v) is 4.66. The van der Waals surface area contributed by atoms with Crippen LogP contribution in [0.3, 0.4) is 0 Å². The number of ether oxygens (including phenoxy) is 1. The van der Waals surface area contributed by atoms with Crippen molar-refractivity contribution in [2.75, 3.05) is 0 Å². The van der Waals surface area contributed by atoms with E-state index in [4.69, 9.17) is 10.5 Å². The third-order valence-electron chi connectivity index (χ3n) is 4.66. The Balaban J connectivity index is 1.99. The van der Waals surface area contributed by atoms with Crippen LogP contribution in [0.15, 0.2) is 60.1 Å². The maximum Gasteiger partial charge on any atom is 0.269 e. The fourth-order valence-corrected chi connectivity index (χ4v) is 3.43. The maximum absolute atomic E-state index is 11.2. The van der Waals surface area contributed by atoms with E-state index in [0.717, 1.165) is 16.5 Å². The van der Waals surface area contributed by atoms with Crippen molar-refractivity contribution in [1.82, 2.24) is 4.57 Å². The lowest BCUT2D eigenvalue weighted by molar-refractivity contribution is -0.384. The molecule has 1 aliphatic heterocycles. The van der Waals surface area contributed by atoms with Crippen LogP contribution in [0, 0.1) is 21.4 Å². The number of aryl methyl sites for hydroxylation is 1. The summed E-state index contributed by atoms with van der Waals surface area (Å²) in [6.45, 7) is 0. The number of fused-ring (bicyclic) bond motifs is 3. The number of non-ortho nitro benzene ring substituents is 1. The molecule has 2 aromatic carbocycles. The molecule has 0 bridgehead atoms. The number of aromatic nitrogens is 1. The van der Waals surface area contributed by atoms with E-state index in [-0.39, 0.29) is 17.1 Å². The summed E-state index contributed by atoms with van der Waals surface area (Å²) in [4.78, 5) is 10.7. The van der Waals surface area contributed by atoms with Crippen LogP contribution in [0.5, 0.6) is 5.75 Å². The quantitative estimate of drug-likeness (QED) is 0.566. The molecule has 0 fully saturated rings. The smallest absolute Gasteiger partial charge is 0.269 e. The summed E-state index contributed by atoms with van der Waals surface area (Å²) in [6.07, 6.45) is 1.91. The molecule has 1 atom stereocenters. The lowest BCUT2D eigenvalue weighted by atomic mass is 9.83. The molecular weight excluding hydrogens is 332 g/mol. The first-order chi connectivity index (χ1) is 12.5. The Morgan fingerprint density at radius 1 is 1.31 bits per heavy atom. The molecule has 3 aromatic rings. The molecule has 4 rings (SSSR count). The van der Waals surface area contributed by atoms with E-state index in [0.29, 0.717) is 11.3 Å². The van der Waals surface area contributed by atoms with Gasteiger partial charge in [-0.05, 0) is 17.7 Å². The Kier molecular flexibility index (Phi) is 3.41. The van der Waals surface area contributed by atoms with Gasteiger partial charge in [-0.3, -0.25) is 10.1 Å². The van der Waals surface area contributed by atoms with Crippen molar-refractivity contribution in [3.8, 4) is 11.8 Å². The van der Waals surface area contributed by atoms with Crippen molar-refractivity contribution >= 4 is 16.6 Å². The molecule has 0 spiro atoms. The van der Waals surface area contributed by atoms with E-state index < -0.39 is 10.8 Å². The largest absolute Gasteiger partial charge is 0.439 e. The van der Waals surface area contributed by atoms with Gasteiger partial charge in [-0.2, -0.15) is 5.26 Å². The lowest BCUT2D eigenvalue weighted by Crippen LogP contribution is -2.21. The summed E-state index contributed by atoms with van der Waals surface area (Å²) in [5.41, 5.74) is 8.58. The molecule has 0 amide bonds. The van der Waals surface area contributed by atoms with Crippen LogP contribution in [0.25, 0.3) is 10.9 Å². The molecule has 2 heterocycles. The minimum Gasteiger partial charge on any atom is -0.439 e. The second-order valence-electron chi connectivity index (χ2n) is 6.12. The van der Waals surface area contributed by atoms with Gasteiger partial charge >= 0.3 is 0 Å². The Morgan fingerprint density at radius 3 is 2.85 bits per heavy atom. The first-order valence-corrected chi connectivity index (χ1v) is 7.91. The predicted molar refractivity (Wildman–Crippen MR) is 95.3 cm³/mol. The van der Waals surface area contributed by atoms with Gasteiger partial charge in [0.1, 0.15) is 17.4 Å². The van der Waals surface area contributed by atoms with Gasteiger partial charge in [-0.15, -0.1) is 0 Å². The molecule has 0 aliphatic carbocycles. The van der Waals surface area contributed by atoms with Crippen molar-refractivity contribution in [3.63, 3.8) is 0 Å². The number of hydrogen-bond acceptors (Lipinski definition) is 5. The zero-order valence-corrected chi connectivity index (χ0v) is 13.8.